The van der Waals surface area contributed by atoms with Crippen molar-refractivity contribution in [1.82, 2.24) is 10.3 Å². The molecule has 6 heteroatoms. The fraction of sp³-hybridized carbons (Fsp3) is 0.571. The predicted molar refractivity (Wildman–Crippen MR) is 40.2 cm³/mol. The molecule has 0 spiro atoms. The SMILES string of the molecule is OC(CNCc1cnco1)C(F)F. The highest BCUT2D eigenvalue weighted by molar-refractivity contribution is 4.87. The Labute approximate surface area is 73.6 Å². The van der Waals surface area contributed by atoms with Gasteiger partial charge in [0.2, 0.25) is 0 Å². The second-order valence-corrected chi connectivity index (χ2v) is 2.50. The lowest BCUT2D eigenvalue weighted by Gasteiger charge is -2.08. The highest BCUT2D eigenvalue weighted by Gasteiger charge is 2.15. The van der Waals surface area contributed by atoms with Crippen LogP contribution in [0.2, 0.25) is 0 Å². The second kappa shape index (κ2) is 4.88. The standard InChI is InChI=1S/C7H10F2N2O2/c8-7(9)6(12)3-10-1-5-2-11-4-13-5/h2,4,6-7,10,12H,1,3H2. The van der Waals surface area contributed by atoms with E-state index in [9.17, 15) is 8.78 Å². The summed E-state index contributed by atoms with van der Waals surface area (Å²) in [6.45, 7) is 0.113. The molecule has 0 aromatic carbocycles. The molecule has 1 rings (SSSR count). The number of nitrogens with zero attached hydrogens (tertiary/aromatic N) is 1. The molecule has 1 aromatic rings. The largest absolute Gasteiger partial charge is 0.447 e. The predicted octanol–water partition coefficient (Wildman–Crippen LogP) is 0.390. The number of hydrogen-bond donors (Lipinski definition) is 2. The zero-order valence-electron chi connectivity index (χ0n) is 6.78. The highest BCUT2D eigenvalue weighted by Crippen LogP contribution is 2.00. The van der Waals surface area contributed by atoms with E-state index in [4.69, 9.17) is 9.52 Å². The van der Waals surface area contributed by atoms with Crippen LogP contribution >= 0.6 is 0 Å². The van der Waals surface area contributed by atoms with Gasteiger partial charge in [-0.2, -0.15) is 0 Å². The molecule has 0 amide bonds. The van der Waals surface area contributed by atoms with Crippen LogP contribution in [0.15, 0.2) is 17.0 Å². The van der Waals surface area contributed by atoms with Gasteiger partial charge in [-0.3, -0.25) is 0 Å². The van der Waals surface area contributed by atoms with Crippen molar-refractivity contribution in [2.75, 3.05) is 6.54 Å². The summed E-state index contributed by atoms with van der Waals surface area (Å²) in [6, 6.07) is 0. The Hall–Kier alpha value is -1.01. The van der Waals surface area contributed by atoms with Gasteiger partial charge in [0, 0.05) is 6.54 Å². The summed E-state index contributed by atoms with van der Waals surface area (Å²) < 4.78 is 28.4. The molecule has 0 radical (unpaired) electrons. The maximum Gasteiger partial charge on any atom is 0.265 e. The zero-order chi connectivity index (χ0) is 9.68. The van der Waals surface area contributed by atoms with Gasteiger partial charge in [0.05, 0.1) is 12.7 Å². The number of aromatic nitrogens is 1. The van der Waals surface area contributed by atoms with Gasteiger partial charge >= 0.3 is 0 Å². The van der Waals surface area contributed by atoms with E-state index in [1.54, 1.807) is 0 Å². The van der Waals surface area contributed by atoms with E-state index in [2.05, 4.69) is 10.3 Å². The van der Waals surface area contributed by atoms with Crippen LogP contribution in [0.4, 0.5) is 8.78 Å². The molecule has 0 bridgehead atoms. The van der Waals surface area contributed by atoms with Gasteiger partial charge in [-0.25, -0.2) is 13.8 Å². The van der Waals surface area contributed by atoms with Gasteiger partial charge in [0.15, 0.2) is 6.39 Å². The summed E-state index contributed by atoms with van der Waals surface area (Å²) in [4.78, 5) is 3.64. The number of nitrogens with one attached hydrogen (secondary N) is 1. The fourth-order valence-electron chi connectivity index (χ4n) is 0.762. The van der Waals surface area contributed by atoms with E-state index in [0.717, 1.165) is 0 Å². The second-order valence-electron chi connectivity index (χ2n) is 2.50. The molecule has 1 unspecified atom stereocenters. The average Bonchev–Trinajstić information content (AvgIpc) is 2.56. The first-order valence-electron chi connectivity index (χ1n) is 3.74. The molecule has 13 heavy (non-hydrogen) atoms. The Morgan fingerprint density at radius 2 is 2.38 bits per heavy atom. The van der Waals surface area contributed by atoms with Crippen molar-refractivity contribution in [3.05, 3.63) is 18.4 Å². The summed E-state index contributed by atoms with van der Waals surface area (Å²) >= 11 is 0. The van der Waals surface area contributed by atoms with Crippen LogP contribution in [0.5, 0.6) is 0 Å². The molecule has 0 fully saturated rings. The highest BCUT2D eigenvalue weighted by atomic mass is 19.3. The number of oxazole rings is 1. The molecule has 74 valence electrons. The molecule has 1 heterocycles. The van der Waals surface area contributed by atoms with Gasteiger partial charge in [0.1, 0.15) is 11.9 Å². The van der Waals surface area contributed by atoms with E-state index in [-0.39, 0.29) is 13.1 Å². The number of aliphatic hydroxyl groups excluding tert-OH is 1. The number of alkyl halides is 2. The van der Waals surface area contributed by atoms with Crippen molar-refractivity contribution in [2.45, 2.75) is 19.1 Å². The van der Waals surface area contributed by atoms with E-state index >= 15 is 0 Å². The molecular weight excluding hydrogens is 182 g/mol. The van der Waals surface area contributed by atoms with Crippen LogP contribution in [0, 0.1) is 0 Å². The topological polar surface area (TPSA) is 58.3 Å². The van der Waals surface area contributed by atoms with Gasteiger partial charge in [-0.15, -0.1) is 0 Å². The van der Waals surface area contributed by atoms with Crippen LogP contribution in [0.1, 0.15) is 5.76 Å². The van der Waals surface area contributed by atoms with Gasteiger partial charge < -0.3 is 14.8 Å². The molecule has 0 aliphatic rings. The first kappa shape index (κ1) is 10.1. The summed E-state index contributed by atoms with van der Waals surface area (Å²) in [5.74, 6) is 0.543. The van der Waals surface area contributed by atoms with E-state index < -0.39 is 12.5 Å². The Bertz CT molecular complexity index is 228. The van der Waals surface area contributed by atoms with E-state index in [0.29, 0.717) is 5.76 Å². The van der Waals surface area contributed by atoms with E-state index in [1.165, 1.54) is 12.6 Å². The molecule has 4 nitrogen and oxygen atoms in total. The summed E-state index contributed by atoms with van der Waals surface area (Å²) in [5, 5.41) is 11.3. The number of rotatable bonds is 5. The lowest BCUT2D eigenvalue weighted by atomic mass is 10.3. The van der Waals surface area contributed by atoms with E-state index in [1.807, 2.05) is 0 Å². The average molecular weight is 192 g/mol. The lowest BCUT2D eigenvalue weighted by molar-refractivity contribution is -0.00359. The molecule has 0 saturated carbocycles. The summed E-state index contributed by atoms with van der Waals surface area (Å²) in [7, 11) is 0. The Morgan fingerprint density at radius 3 is 2.92 bits per heavy atom. The Balaban J connectivity index is 2.14. The minimum atomic E-state index is -2.72. The fourth-order valence-corrected chi connectivity index (χ4v) is 0.762. The summed E-state index contributed by atoms with van der Waals surface area (Å²) in [6.07, 6.45) is -1.63. The molecular formula is C7H10F2N2O2. The monoisotopic (exact) mass is 192 g/mol. The maximum absolute atomic E-state index is 11.8. The molecule has 1 aromatic heterocycles. The van der Waals surface area contributed by atoms with Crippen LogP contribution in [0.3, 0.4) is 0 Å². The summed E-state index contributed by atoms with van der Waals surface area (Å²) in [5.41, 5.74) is 0. The molecule has 1 atom stereocenters. The lowest BCUT2D eigenvalue weighted by Crippen LogP contribution is -2.31. The van der Waals surface area contributed by atoms with Crippen LogP contribution in [-0.4, -0.2) is 29.2 Å². The molecule has 0 aliphatic carbocycles. The van der Waals surface area contributed by atoms with Gasteiger partial charge in [0.25, 0.3) is 6.43 Å². The van der Waals surface area contributed by atoms with Crippen molar-refractivity contribution < 1.29 is 18.3 Å². The van der Waals surface area contributed by atoms with Crippen molar-refractivity contribution in [1.29, 1.82) is 0 Å². The van der Waals surface area contributed by atoms with Crippen molar-refractivity contribution in [2.24, 2.45) is 0 Å². The quantitative estimate of drug-likeness (QED) is 0.708. The normalized spacial score (nSPS) is 13.5. The number of hydrogen-bond acceptors (Lipinski definition) is 4. The van der Waals surface area contributed by atoms with Crippen molar-refractivity contribution in [3.8, 4) is 0 Å². The third-order valence-corrected chi connectivity index (χ3v) is 1.43. The third-order valence-electron chi connectivity index (χ3n) is 1.43. The minimum absolute atomic E-state index is 0.168. The number of aliphatic hydroxyl groups is 1. The Morgan fingerprint density at radius 1 is 1.62 bits per heavy atom. The minimum Gasteiger partial charge on any atom is -0.447 e. The molecule has 2 N–H and O–H groups in total. The third kappa shape index (κ3) is 3.47. The van der Waals surface area contributed by atoms with Crippen molar-refractivity contribution >= 4 is 0 Å². The molecule has 0 aliphatic heterocycles. The maximum atomic E-state index is 11.8. The Kier molecular flexibility index (Phi) is 3.78. The van der Waals surface area contributed by atoms with Crippen LogP contribution < -0.4 is 5.32 Å². The van der Waals surface area contributed by atoms with Gasteiger partial charge in [-0.05, 0) is 0 Å². The van der Waals surface area contributed by atoms with Crippen molar-refractivity contribution in [3.63, 3.8) is 0 Å². The smallest absolute Gasteiger partial charge is 0.265 e. The van der Waals surface area contributed by atoms with Gasteiger partial charge in [-0.1, -0.05) is 0 Å². The first-order chi connectivity index (χ1) is 6.20. The van der Waals surface area contributed by atoms with Crippen LogP contribution in [0.25, 0.3) is 0 Å². The zero-order valence-corrected chi connectivity index (χ0v) is 6.78. The molecule has 0 saturated heterocycles. The first-order valence-corrected chi connectivity index (χ1v) is 3.74. The van der Waals surface area contributed by atoms with Crippen LogP contribution in [-0.2, 0) is 6.54 Å². The number of halogens is 2.